The number of likely N-dealkylation sites (N-methyl/N-ethyl adjacent to an activating group) is 1. The molecule has 1 aliphatic heterocycles. The Morgan fingerprint density at radius 2 is 2.00 bits per heavy atom. The molecule has 1 heterocycles. The summed E-state index contributed by atoms with van der Waals surface area (Å²) in [7, 11) is 3.07. The molecule has 0 aliphatic carbocycles. The molecule has 0 radical (unpaired) electrons. The molecule has 2 rings (SSSR count). The number of nitrogens with zero attached hydrogens (tertiary/aromatic N) is 1. The Labute approximate surface area is 93.8 Å². The third-order valence-corrected chi connectivity index (χ3v) is 2.90. The average Bonchev–Trinajstić information content (AvgIpc) is 2.57. The lowest BCUT2D eigenvalue weighted by molar-refractivity contribution is -0.137. The highest BCUT2D eigenvalue weighted by molar-refractivity contribution is 6.06. The van der Waals surface area contributed by atoms with Gasteiger partial charge < -0.3 is 4.74 Å². The molecule has 1 aromatic rings. The number of likely N-dealkylation sites (tertiary alicyclic amines) is 1. The van der Waals surface area contributed by atoms with Gasteiger partial charge in [0.05, 0.1) is 13.0 Å². The fraction of sp³-hybridized carbons (Fsp3) is 0.333. The highest BCUT2D eigenvalue weighted by Gasteiger charge is 2.38. The van der Waals surface area contributed by atoms with Crippen molar-refractivity contribution >= 4 is 11.8 Å². The maximum absolute atomic E-state index is 11.8. The zero-order valence-corrected chi connectivity index (χ0v) is 9.27. The first-order valence-electron chi connectivity index (χ1n) is 5.08. The Morgan fingerprint density at radius 1 is 1.31 bits per heavy atom. The second-order valence-electron chi connectivity index (χ2n) is 3.79. The molecule has 1 aromatic carbocycles. The Kier molecular flexibility index (Phi) is 2.64. The molecule has 4 nitrogen and oxygen atoms in total. The fourth-order valence-electron chi connectivity index (χ4n) is 1.95. The Morgan fingerprint density at radius 3 is 2.56 bits per heavy atom. The van der Waals surface area contributed by atoms with Gasteiger partial charge in [-0.3, -0.25) is 14.5 Å². The topological polar surface area (TPSA) is 46.6 Å². The van der Waals surface area contributed by atoms with Gasteiger partial charge in [-0.05, 0) is 6.07 Å². The smallest absolute Gasteiger partial charge is 0.237 e. The summed E-state index contributed by atoms with van der Waals surface area (Å²) in [5.41, 5.74) is 0.785. The van der Waals surface area contributed by atoms with E-state index in [-0.39, 0.29) is 18.2 Å². The molecule has 0 unspecified atom stereocenters. The number of benzene rings is 1. The SMILES string of the molecule is COc1ccccc1[C@H]1CC(=O)N(C)C1=O. The van der Waals surface area contributed by atoms with Crippen molar-refractivity contribution in [3.63, 3.8) is 0 Å². The van der Waals surface area contributed by atoms with Crippen LogP contribution in [0.2, 0.25) is 0 Å². The number of methoxy groups -OCH3 is 1. The Hall–Kier alpha value is -1.84. The zero-order chi connectivity index (χ0) is 11.7. The number of para-hydroxylation sites is 1. The summed E-state index contributed by atoms with van der Waals surface area (Å²) in [4.78, 5) is 24.4. The van der Waals surface area contributed by atoms with Gasteiger partial charge in [0, 0.05) is 19.0 Å². The molecule has 84 valence electrons. The lowest BCUT2D eigenvalue weighted by Crippen LogP contribution is -2.25. The molecule has 2 amide bonds. The first kappa shape index (κ1) is 10.7. The largest absolute Gasteiger partial charge is 0.496 e. The third kappa shape index (κ3) is 1.56. The van der Waals surface area contributed by atoms with E-state index in [4.69, 9.17) is 4.74 Å². The molecule has 0 bridgehead atoms. The van der Waals surface area contributed by atoms with Crippen molar-refractivity contribution in [2.45, 2.75) is 12.3 Å². The van der Waals surface area contributed by atoms with Crippen LogP contribution in [-0.2, 0) is 9.59 Å². The van der Waals surface area contributed by atoms with Gasteiger partial charge >= 0.3 is 0 Å². The lowest BCUT2D eigenvalue weighted by Gasteiger charge is -2.12. The van der Waals surface area contributed by atoms with Gasteiger partial charge in [0.25, 0.3) is 0 Å². The van der Waals surface area contributed by atoms with E-state index < -0.39 is 5.92 Å². The molecule has 0 N–H and O–H groups in total. The van der Waals surface area contributed by atoms with Gasteiger partial charge in [-0.2, -0.15) is 0 Å². The van der Waals surface area contributed by atoms with Gasteiger partial charge in [0.1, 0.15) is 5.75 Å². The summed E-state index contributed by atoms with van der Waals surface area (Å²) in [5.74, 6) is -0.0343. The minimum absolute atomic E-state index is 0.138. The first-order valence-corrected chi connectivity index (χ1v) is 5.08. The summed E-state index contributed by atoms with van der Waals surface area (Å²) in [6, 6.07) is 7.31. The molecule has 1 saturated heterocycles. The number of hydrogen-bond acceptors (Lipinski definition) is 3. The summed E-state index contributed by atoms with van der Waals surface area (Å²) >= 11 is 0. The van der Waals surface area contributed by atoms with Crippen molar-refractivity contribution in [2.24, 2.45) is 0 Å². The minimum atomic E-state index is -0.395. The van der Waals surface area contributed by atoms with E-state index in [0.717, 1.165) is 5.56 Å². The van der Waals surface area contributed by atoms with E-state index in [2.05, 4.69) is 0 Å². The van der Waals surface area contributed by atoms with Crippen molar-refractivity contribution < 1.29 is 14.3 Å². The number of carbonyl (C=O) groups excluding carboxylic acids is 2. The van der Waals surface area contributed by atoms with Crippen LogP contribution in [0, 0.1) is 0 Å². The first-order chi connectivity index (χ1) is 7.65. The van der Waals surface area contributed by atoms with Crippen LogP contribution in [-0.4, -0.2) is 30.9 Å². The molecule has 1 atom stereocenters. The van der Waals surface area contributed by atoms with Crippen molar-refractivity contribution in [2.75, 3.05) is 14.2 Å². The molecule has 4 heteroatoms. The maximum Gasteiger partial charge on any atom is 0.237 e. The molecule has 16 heavy (non-hydrogen) atoms. The summed E-state index contributed by atoms with van der Waals surface area (Å²) < 4.78 is 5.19. The summed E-state index contributed by atoms with van der Waals surface area (Å²) in [5, 5.41) is 0. The normalized spacial score (nSPS) is 20.4. The van der Waals surface area contributed by atoms with Crippen LogP contribution >= 0.6 is 0 Å². The van der Waals surface area contributed by atoms with E-state index in [1.54, 1.807) is 13.2 Å². The minimum Gasteiger partial charge on any atom is -0.496 e. The highest BCUT2D eigenvalue weighted by atomic mass is 16.5. The van der Waals surface area contributed by atoms with Crippen molar-refractivity contribution in [3.05, 3.63) is 29.8 Å². The number of carbonyl (C=O) groups is 2. The number of ether oxygens (including phenoxy) is 1. The molecule has 1 aliphatic rings. The van der Waals surface area contributed by atoms with Gasteiger partial charge in [-0.15, -0.1) is 0 Å². The molecule has 1 fully saturated rings. The summed E-state index contributed by atoms with van der Waals surface area (Å²) in [6.45, 7) is 0. The molecule has 0 saturated carbocycles. The van der Waals surface area contributed by atoms with E-state index >= 15 is 0 Å². The van der Waals surface area contributed by atoms with E-state index in [0.29, 0.717) is 5.75 Å². The van der Waals surface area contributed by atoms with E-state index in [1.807, 2.05) is 18.2 Å². The van der Waals surface area contributed by atoms with E-state index in [9.17, 15) is 9.59 Å². The molecular formula is C12H13NO3. The van der Waals surface area contributed by atoms with Crippen LogP contribution in [0.15, 0.2) is 24.3 Å². The van der Waals surface area contributed by atoms with Crippen LogP contribution < -0.4 is 4.74 Å². The van der Waals surface area contributed by atoms with E-state index in [1.165, 1.54) is 11.9 Å². The maximum atomic E-state index is 11.8. The molecule has 0 aromatic heterocycles. The van der Waals surface area contributed by atoms with Gasteiger partial charge in [-0.25, -0.2) is 0 Å². The Bertz CT molecular complexity index is 442. The van der Waals surface area contributed by atoms with Crippen LogP contribution in [0.5, 0.6) is 5.75 Å². The predicted molar refractivity (Wildman–Crippen MR) is 58.1 cm³/mol. The van der Waals surface area contributed by atoms with Gasteiger partial charge in [0.2, 0.25) is 11.8 Å². The standard InChI is InChI=1S/C12H13NO3/c1-13-11(14)7-9(12(13)15)8-5-3-4-6-10(8)16-2/h3-6,9H,7H2,1-2H3/t9-/m1/s1. The number of rotatable bonds is 2. The van der Waals surface area contributed by atoms with Crippen LogP contribution in [0.25, 0.3) is 0 Å². The molecular weight excluding hydrogens is 206 g/mol. The number of amides is 2. The zero-order valence-electron chi connectivity index (χ0n) is 9.27. The highest BCUT2D eigenvalue weighted by Crippen LogP contribution is 2.34. The quantitative estimate of drug-likeness (QED) is 0.701. The van der Waals surface area contributed by atoms with Crippen LogP contribution in [0.4, 0.5) is 0 Å². The van der Waals surface area contributed by atoms with Crippen molar-refractivity contribution in [3.8, 4) is 5.75 Å². The second-order valence-corrected chi connectivity index (χ2v) is 3.79. The Balaban J connectivity index is 2.38. The van der Waals surface area contributed by atoms with Gasteiger partial charge in [0.15, 0.2) is 0 Å². The number of imide groups is 1. The lowest BCUT2D eigenvalue weighted by atomic mass is 9.96. The number of hydrogen-bond donors (Lipinski definition) is 0. The third-order valence-electron chi connectivity index (χ3n) is 2.90. The molecule has 0 spiro atoms. The van der Waals surface area contributed by atoms with Crippen LogP contribution in [0.1, 0.15) is 17.9 Å². The predicted octanol–water partition coefficient (Wildman–Crippen LogP) is 1.17. The van der Waals surface area contributed by atoms with Crippen molar-refractivity contribution in [1.29, 1.82) is 0 Å². The monoisotopic (exact) mass is 219 g/mol. The average molecular weight is 219 g/mol. The van der Waals surface area contributed by atoms with Crippen molar-refractivity contribution in [1.82, 2.24) is 4.90 Å². The van der Waals surface area contributed by atoms with Gasteiger partial charge in [-0.1, -0.05) is 18.2 Å². The fourth-order valence-corrected chi connectivity index (χ4v) is 1.95. The summed E-state index contributed by atoms with van der Waals surface area (Å²) in [6.07, 6.45) is 0.232. The van der Waals surface area contributed by atoms with Crippen LogP contribution in [0.3, 0.4) is 0 Å². The second kappa shape index (κ2) is 3.96.